The first-order valence-corrected chi connectivity index (χ1v) is 6.45. The van der Waals surface area contributed by atoms with Crippen LogP contribution in [0, 0.1) is 0 Å². The molecule has 1 aromatic carbocycles. The topological polar surface area (TPSA) is 75.6 Å². The molecule has 5 nitrogen and oxygen atoms in total. The summed E-state index contributed by atoms with van der Waals surface area (Å²) in [6.07, 6.45) is 1.07. The summed E-state index contributed by atoms with van der Waals surface area (Å²) in [6, 6.07) is 4.97. The van der Waals surface area contributed by atoms with E-state index < -0.39 is 17.5 Å². The average Bonchev–Trinajstić information content (AvgIpc) is 2.33. The minimum atomic E-state index is -1.37. The maximum atomic E-state index is 11.4. The van der Waals surface area contributed by atoms with Crippen molar-refractivity contribution in [3.05, 3.63) is 39.5 Å². The number of halogens is 2. The molecule has 2 N–H and O–H groups in total. The number of benzene rings is 1. The lowest BCUT2D eigenvalue weighted by Gasteiger charge is -2.05. The fraction of sp³-hybridized carbons (Fsp3) is 0.167. The van der Waals surface area contributed by atoms with E-state index in [2.05, 4.69) is 26.0 Å². The number of carboxylic acid groups (broad SMARTS) is 1. The van der Waals surface area contributed by atoms with Crippen molar-refractivity contribution >= 4 is 45.2 Å². The van der Waals surface area contributed by atoms with Crippen LogP contribution < -0.4 is 5.32 Å². The van der Waals surface area contributed by atoms with E-state index in [1.54, 1.807) is 25.1 Å². The molecule has 0 aromatic heterocycles. The highest BCUT2D eigenvalue weighted by molar-refractivity contribution is 9.10. The Bertz CT molecular complexity index is 530. The molecule has 0 radical (unpaired) electrons. The number of anilines is 1. The second kappa shape index (κ2) is 7.16. The SMILES string of the molecule is CCOC(=O)C(=CNc1ccc(Br)c(Cl)c1)C(=O)O. The molecular weight excluding hydrogens is 337 g/mol. The quantitative estimate of drug-likeness (QED) is 0.370. The molecule has 0 fully saturated rings. The predicted octanol–water partition coefficient (Wildman–Crippen LogP) is 3.05. The summed E-state index contributed by atoms with van der Waals surface area (Å²) in [6.45, 7) is 1.70. The molecular formula is C12H11BrClNO4. The van der Waals surface area contributed by atoms with Crippen molar-refractivity contribution < 1.29 is 19.4 Å². The first-order valence-electron chi connectivity index (χ1n) is 5.28. The molecule has 0 spiro atoms. The number of ether oxygens (including phenoxy) is 1. The Morgan fingerprint density at radius 1 is 1.53 bits per heavy atom. The summed E-state index contributed by atoms with van der Waals surface area (Å²) in [7, 11) is 0. The van der Waals surface area contributed by atoms with Gasteiger partial charge in [-0.1, -0.05) is 11.6 Å². The molecule has 0 aliphatic rings. The average molecular weight is 349 g/mol. The van der Waals surface area contributed by atoms with Crippen LogP contribution in [0.2, 0.25) is 5.02 Å². The highest BCUT2D eigenvalue weighted by Gasteiger charge is 2.18. The van der Waals surface area contributed by atoms with E-state index in [0.717, 1.165) is 6.20 Å². The molecule has 102 valence electrons. The zero-order valence-corrected chi connectivity index (χ0v) is 12.3. The Morgan fingerprint density at radius 3 is 2.74 bits per heavy atom. The standard InChI is InChI=1S/C12H11BrClNO4/c1-2-19-12(18)8(11(16)17)6-15-7-3-4-9(13)10(14)5-7/h3-6,15H,2H2,1H3,(H,16,17). The first kappa shape index (κ1) is 15.5. The van der Waals surface area contributed by atoms with Gasteiger partial charge in [0.05, 0.1) is 11.6 Å². The highest BCUT2D eigenvalue weighted by atomic mass is 79.9. The van der Waals surface area contributed by atoms with E-state index in [1.165, 1.54) is 0 Å². The smallest absolute Gasteiger partial charge is 0.347 e. The number of hydrogen-bond acceptors (Lipinski definition) is 4. The lowest BCUT2D eigenvalue weighted by Crippen LogP contribution is -2.16. The van der Waals surface area contributed by atoms with E-state index in [9.17, 15) is 9.59 Å². The van der Waals surface area contributed by atoms with E-state index in [4.69, 9.17) is 16.7 Å². The normalized spacial score (nSPS) is 11.0. The number of nitrogens with one attached hydrogen (secondary N) is 1. The zero-order valence-electron chi connectivity index (χ0n) is 9.94. The predicted molar refractivity (Wildman–Crippen MR) is 75.1 cm³/mol. The molecule has 0 saturated heterocycles. The minimum Gasteiger partial charge on any atom is -0.477 e. The molecule has 0 atom stereocenters. The van der Waals surface area contributed by atoms with Gasteiger partial charge < -0.3 is 15.2 Å². The summed E-state index contributed by atoms with van der Waals surface area (Å²) >= 11 is 9.12. The van der Waals surface area contributed by atoms with Crippen molar-refractivity contribution in [3.8, 4) is 0 Å². The van der Waals surface area contributed by atoms with Crippen molar-refractivity contribution in [2.75, 3.05) is 11.9 Å². The van der Waals surface area contributed by atoms with Gasteiger partial charge in [0.1, 0.15) is 0 Å². The van der Waals surface area contributed by atoms with Gasteiger partial charge in [-0.2, -0.15) is 0 Å². The number of aliphatic carboxylic acids is 1. The molecule has 7 heteroatoms. The molecule has 0 bridgehead atoms. The molecule has 1 rings (SSSR count). The van der Waals surface area contributed by atoms with Crippen LogP contribution in [0.5, 0.6) is 0 Å². The van der Waals surface area contributed by atoms with Crippen LogP contribution >= 0.6 is 27.5 Å². The van der Waals surface area contributed by atoms with Crippen molar-refractivity contribution in [3.63, 3.8) is 0 Å². The van der Waals surface area contributed by atoms with Crippen molar-refractivity contribution in [1.29, 1.82) is 0 Å². The number of carbonyl (C=O) groups excluding carboxylic acids is 1. The maximum absolute atomic E-state index is 11.4. The van der Waals surface area contributed by atoms with Gasteiger partial charge in [0.15, 0.2) is 5.57 Å². The van der Waals surface area contributed by atoms with E-state index in [1.807, 2.05) is 0 Å². The fourth-order valence-electron chi connectivity index (χ4n) is 1.16. The molecule has 0 aliphatic heterocycles. The molecule has 0 saturated carbocycles. The number of hydrogen-bond donors (Lipinski definition) is 2. The van der Waals surface area contributed by atoms with Crippen LogP contribution in [0.15, 0.2) is 34.4 Å². The van der Waals surface area contributed by atoms with Gasteiger partial charge in [-0.15, -0.1) is 0 Å². The van der Waals surface area contributed by atoms with Crippen LogP contribution in [0.3, 0.4) is 0 Å². The van der Waals surface area contributed by atoms with Gasteiger partial charge >= 0.3 is 11.9 Å². The van der Waals surface area contributed by atoms with Gasteiger partial charge in [-0.3, -0.25) is 0 Å². The van der Waals surface area contributed by atoms with E-state index in [-0.39, 0.29) is 6.61 Å². The lowest BCUT2D eigenvalue weighted by molar-refractivity contribution is -0.143. The molecule has 0 heterocycles. The molecule has 0 aliphatic carbocycles. The Labute approximate surface area is 123 Å². The lowest BCUT2D eigenvalue weighted by atomic mass is 10.3. The number of carboxylic acids is 1. The van der Waals surface area contributed by atoms with Gasteiger partial charge in [0.25, 0.3) is 0 Å². The Kier molecular flexibility index (Phi) is 5.85. The van der Waals surface area contributed by atoms with Crippen LogP contribution in [-0.2, 0) is 14.3 Å². The third-order valence-electron chi connectivity index (χ3n) is 2.03. The van der Waals surface area contributed by atoms with Gasteiger partial charge in [-0.05, 0) is 41.1 Å². The molecule has 0 amide bonds. The summed E-state index contributed by atoms with van der Waals surface area (Å²) in [5, 5.41) is 12.1. The van der Waals surface area contributed by atoms with E-state index in [0.29, 0.717) is 15.2 Å². The number of esters is 1. The van der Waals surface area contributed by atoms with Crippen molar-refractivity contribution in [2.45, 2.75) is 6.92 Å². The molecule has 19 heavy (non-hydrogen) atoms. The molecule has 1 aromatic rings. The third kappa shape index (κ3) is 4.57. The maximum Gasteiger partial charge on any atom is 0.347 e. The largest absolute Gasteiger partial charge is 0.477 e. The van der Waals surface area contributed by atoms with Gasteiger partial charge in [0.2, 0.25) is 0 Å². The van der Waals surface area contributed by atoms with E-state index >= 15 is 0 Å². The second-order valence-corrected chi connectivity index (χ2v) is 4.62. The Morgan fingerprint density at radius 2 is 2.21 bits per heavy atom. The zero-order chi connectivity index (χ0) is 14.4. The van der Waals surface area contributed by atoms with Crippen LogP contribution in [0.25, 0.3) is 0 Å². The summed E-state index contributed by atoms with van der Waals surface area (Å²) in [5.41, 5.74) is 0.0668. The number of rotatable bonds is 5. The number of carbonyl (C=O) groups is 2. The van der Waals surface area contributed by atoms with Crippen molar-refractivity contribution in [1.82, 2.24) is 0 Å². The summed E-state index contributed by atoms with van der Waals surface area (Å²) < 4.78 is 5.35. The fourth-order valence-corrected chi connectivity index (χ4v) is 1.59. The monoisotopic (exact) mass is 347 g/mol. The highest BCUT2D eigenvalue weighted by Crippen LogP contribution is 2.25. The Balaban J connectivity index is 2.89. The van der Waals surface area contributed by atoms with Gasteiger partial charge in [-0.25, -0.2) is 9.59 Å². The first-order chi connectivity index (χ1) is 8.95. The summed E-state index contributed by atoms with van der Waals surface area (Å²) in [4.78, 5) is 22.3. The third-order valence-corrected chi connectivity index (χ3v) is 3.26. The van der Waals surface area contributed by atoms with Crippen LogP contribution in [-0.4, -0.2) is 23.7 Å². The molecule has 0 unspecified atom stereocenters. The van der Waals surface area contributed by atoms with Crippen molar-refractivity contribution in [2.24, 2.45) is 0 Å². The Hall–Kier alpha value is -1.53. The van der Waals surface area contributed by atoms with Gasteiger partial charge in [0, 0.05) is 16.4 Å². The minimum absolute atomic E-state index is 0.105. The van der Waals surface area contributed by atoms with Crippen LogP contribution in [0.4, 0.5) is 5.69 Å². The summed E-state index contributed by atoms with van der Waals surface area (Å²) in [5.74, 6) is -2.26. The van der Waals surface area contributed by atoms with Crippen LogP contribution in [0.1, 0.15) is 6.92 Å². The second-order valence-electron chi connectivity index (χ2n) is 3.36.